The van der Waals surface area contributed by atoms with Crippen molar-refractivity contribution in [3.8, 4) is 5.75 Å². The van der Waals surface area contributed by atoms with Crippen LogP contribution in [0.5, 0.6) is 5.75 Å². The van der Waals surface area contributed by atoms with Crippen LogP contribution in [0.1, 0.15) is 26.8 Å². The normalized spacial score (nSPS) is 13.2. The molecule has 2 aromatic carbocycles. The monoisotopic (exact) mass is 406 g/mol. The Labute approximate surface area is 162 Å². The predicted molar refractivity (Wildman–Crippen MR) is 108 cm³/mol. The quantitative estimate of drug-likeness (QED) is 0.652. The van der Waals surface area contributed by atoms with Crippen molar-refractivity contribution in [3.63, 3.8) is 0 Å². The molecule has 0 saturated heterocycles. The van der Waals surface area contributed by atoms with Gasteiger partial charge in [-0.1, -0.05) is 29.5 Å². The summed E-state index contributed by atoms with van der Waals surface area (Å²) in [5.74, 6) is 0.685. The van der Waals surface area contributed by atoms with E-state index in [1.54, 1.807) is 23.6 Å². The van der Waals surface area contributed by atoms with Gasteiger partial charge in [0.15, 0.2) is 0 Å². The van der Waals surface area contributed by atoms with E-state index in [-0.39, 0.29) is 22.4 Å². The fourth-order valence-electron chi connectivity index (χ4n) is 2.78. The fraction of sp³-hybridized carbons (Fsp3) is 0.316. The van der Waals surface area contributed by atoms with Crippen molar-refractivity contribution in [2.45, 2.75) is 37.8 Å². The zero-order chi connectivity index (χ0) is 19.6. The van der Waals surface area contributed by atoms with Gasteiger partial charge in [0.05, 0.1) is 21.2 Å². The molecule has 1 N–H and O–H groups in total. The molecule has 6 nitrogen and oxygen atoms in total. The van der Waals surface area contributed by atoms with Gasteiger partial charge in [-0.2, -0.15) is 0 Å². The van der Waals surface area contributed by atoms with Crippen LogP contribution in [-0.4, -0.2) is 25.6 Å². The zero-order valence-electron chi connectivity index (χ0n) is 15.4. The van der Waals surface area contributed by atoms with Crippen molar-refractivity contribution in [1.82, 2.24) is 9.29 Å². The van der Waals surface area contributed by atoms with Gasteiger partial charge in [-0.15, -0.1) is 0 Å². The highest BCUT2D eigenvalue weighted by Crippen LogP contribution is 2.24. The number of para-hydroxylation sites is 1. The molecule has 27 heavy (non-hydrogen) atoms. The standard InChI is InChI=1S/C19H22N2O4S2/c1-13(2)21-17-10-9-16(11-18(17)26-19(21)22)27(23,24)20-14(3)12-25-15-7-5-4-6-8-15/h4-11,13-14,20H,12H2,1-3H3/t14-/m1/s1. The second-order valence-corrected chi connectivity index (χ2v) is 9.31. The summed E-state index contributed by atoms with van der Waals surface area (Å²) in [5, 5.41) is 0. The predicted octanol–water partition coefficient (Wildman–Crippen LogP) is 3.39. The summed E-state index contributed by atoms with van der Waals surface area (Å²) in [7, 11) is -3.71. The number of fused-ring (bicyclic) bond motifs is 1. The van der Waals surface area contributed by atoms with Crippen molar-refractivity contribution in [2.24, 2.45) is 0 Å². The summed E-state index contributed by atoms with van der Waals surface area (Å²) in [6.45, 7) is 5.80. The zero-order valence-corrected chi connectivity index (χ0v) is 17.0. The lowest BCUT2D eigenvalue weighted by atomic mass is 10.3. The highest BCUT2D eigenvalue weighted by Gasteiger charge is 2.20. The largest absolute Gasteiger partial charge is 0.492 e. The molecule has 0 aliphatic carbocycles. The Hall–Kier alpha value is -2.16. The second kappa shape index (κ2) is 7.84. The van der Waals surface area contributed by atoms with Gasteiger partial charge >= 0.3 is 4.87 Å². The first kappa shape index (κ1) is 19.6. The van der Waals surface area contributed by atoms with Gasteiger partial charge in [-0.25, -0.2) is 13.1 Å². The Morgan fingerprint density at radius 3 is 2.48 bits per heavy atom. The molecule has 0 amide bonds. The van der Waals surface area contributed by atoms with Crippen molar-refractivity contribution >= 4 is 31.6 Å². The van der Waals surface area contributed by atoms with Crippen LogP contribution in [0.3, 0.4) is 0 Å². The topological polar surface area (TPSA) is 77.4 Å². The molecule has 1 heterocycles. The van der Waals surface area contributed by atoms with E-state index >= 15 is 0 Å². The molecule has 0 fully saturated rings. The minimum absolute atomic E-state index is 0.0157. The molecule has 0 aliphatic rings. The first-order valence-electron chi connectivity index (χ1n) is 8.63. The lowest BCUT2D eigenvalue weighted by Gasteiger charge is -2.15. The first-order valence-corrected chi connectivity index (χ1v) is 10.9. The van der Waals surface area contributed by atoms with Gasteiger partial charge in [-0.3, -0.25) is 9.36 Å². The van der Waals surface area contributed by atoms with Crippen LogP contribution in [0.4, 0.5) is 0 Å². The minimum Gasteiger partial charge on any atom is -0.492 e. The number of hydrogen-bond acceptors (Lipinski definition) is 5. The third-order valence-electron chi connectivity index (χ3n) is 4.01. The van der Waals surface area contributed by atoms with E-state index in [2.05, 4.69) is 4.72 Å². The van der Waals surface area contributed by atoms with E-state index in [4.69, 9.17) is 4.74 Å². The molecule has 8 heteroatoms. The van der Waals surface area contributed by atoms with Crippen LogP contribution < -0.4 is 14.3 Å². The van der Waals surface area contributed by atoms with Gasteiger partial charge < -0.3 is 4.74 Å². The Kier molecular flexibility index (Phi) is 5.69. The van der Waals surface area contributed by atoms with Crippen LogP contribution >= 0.6 is 11.3 Å². The number of thiazole rings is 1. The first-order chi connectivity index (χ1) is 12.8. The highest BCUT2D eigenvalue weighted by molar-refractivity contribution is 7.89. The lowest BCUT2D eigenvalue weighted by molar-refractivity contribution is 0.287. The van der Waals surface area contributed by atoms with Crippen LogP contribution in [0.2, 0.25) is 0 Å². The number of sulfonamides is 1. The van der Waals surface area contributed by atoms with Gasteiger partial charge in [-0.05, 0) is 51.1 Å². The maximum absolute atomic E-state index is 12.7. The number of nitrogens with zero attached hydrogens (tertiary/aromatic N) is 1. The summed E-state index contributed by atoms with van der Waals surface area (Å²) in [6.07, 6.45) is 0. The Morgan fingerprint density at radius 2 is 1.81 bits per heavy atom. The summed E-state index contributed by atoms with van der Waals surface area (Å²) >= 11 is 1.05. The number of aromatic nitrogens is 1. The average molecular weight is 407 g/mol. The molecule has 0 aliphatic heterocycles. The Morgan fingerprint density at radius 1 is 1.11 bits per heavy atom. The summed E-state index contributed by atoms with van der Waals surface area (Å²) in [5.41, 5.74) is 0.749. The molecule has 1 atom stereocenters. The number of rotatable bonds is 7. The van der Waals surface area contributed by atoms with E-state index in [0.717, 1.165) is 16.9 Å². The molecular formula is C19H22N2O4S2. The highest BCUT2D eigenvalue weighted by atomic mass is 32.2. The summed E-state index contributed by atoms with van der Waals surface area (Å²) in [4.78, 5) is 12.2. The van der Waals surface area contributed by atoms with E-state index in [9.17, 15) is 13.2 Å². The molecule has 1 aromatic heterocycles. The molecule has 144 valence electrons. The summed E-state index contributed by atoms with van der Waals surface area (Å²) in [6, 6.07) is 13.6. The third-order valence-corrected chi connectivity index (χ3v) is 6.52. The van der Waals surface area contributed by atoms with Crippen molar-refractivity contribution in [3.05, 3.63) is 58.2 Å². The number of hydrogen-bond donors (Lipinski definition) is 1. The molecular weight excluding hydrogens is 384 g/mol. The molecule has 0 spiro atoms. The number of benzene rings is 2. The van der Waals surface area contributed by atoms with Gasteiger partial charge in [0.25, 0.3) is 0 Å². The van der Waals surface area contributed by atoms with Crippen molar-refractivity contribution in [2.75, 3.05) is 6.61 Å². The van der Waals surface area contributed by atoms with Gasteiger partial charge in [0.1, 0.15) is 12.4 Å². The molecule has 0 bridgehead atoms. The van der Waals surface area contributed by atoms with Crippen LogP contribution in [0.25, 0.3) is 10.2 Å². The molecule has 3 rings (SSSR count). The third kappa shape index (κ3) is 4.40. The Bertz CT molecular complexity index is 1090. The smallest absolute Gasteiger partial charge is 0.308 e. The molecule has 0 saturated carbocycles. The van der Waals surface area contributed by atoms with Crippen molar-refractivity contribution < 1.29 is 13.2 Å². The number of nitrogens with one attached hydrogen (secondary N) is 1. The van der Waals surface area contributed by atoms with Gasteiger partial charge in [0.2, 0.25) is 10.0 Å². The van der Waals surface area contributed by atoms with E-state index in [0.29, 0.717) is 10.4 Å². The summed E-state index contributed by atoms with van der Waals surface area (Å²) < 4.78 is 35.9. The molecule has 0 unspecified atom stereocenters. The van der Waals surface area contributed by atoms with Crippen LogP contribution in [0, 0.1) is 0 Å². The second-order valence-electron chi connectivity index (χ2n) is 6.61. The Balaban J connectivity index is 1.77. The SMILES string of the molecule is CC(C)n1c(=O)sc2cc(S(=O)(=O)N[C@H](C)COc3ccccc3)ccc21. The van der Waals surface area contributed by atoms with E-state index < -0.39 is 16.1 Å². The van der Waals surface area contributed by atoms with Crippen LogP contribution in [0.15, 0.2) is 58.2 Å². The number of ether oxygens (including phenoxy) is 1. The maximum atomic E-state index is 12.7. The van der Waals surface area contributed by atoms with Gasteiger partial charge in [0, 0.05) is 6.04 Å². The lowest BCUT2D eigenvalue weighted by Crippen LogP contribution is -2.36. The molecule has 0 radical (unpaired) electrons. The minimum atomic E-state index is -3.71. The fourth-order valence-corrected chi connectivity index (χ4v) is 5.16. The maximum Gasteiger partial charge on any atom is 0.308 e. The van der Waals surface area contributed by atoms with Crippen LogP contribution in [-0.2, 0) is 10.0 Å². The average Bonchev–Trinajstić information content (AvgIpc) is 2.95. The van der Waals surface area contributed by atoms with Crippen molar-refractivity contribution in [1.29, 1.82) is 0 Å². The molecule has 3 aromatic rings. The van der Waals surface area contributed by atoms with E-state index in [1.165, 1.54) is 6.07 Å². The van der Waals surface area contributed by atoms with E-state index in [1.807, 2.05) is 44.2 Å².